The van der Waals surface area contributed by atoms with Crippen LogP contribution in [-0.4, -0.2) is 91.4 Å². The number of fused-ring (bicyclic) bond motifs is 1. The Hall–Kier alpha value is -2.16. The number of hydrogen-bond donors (Lipinski definition) is 0. The molecule has 2 fully saturated rings. The SMILES string of the molecule is CN1CCC(CN2CCN(c3nn4cc(-c5ccc(N(C)C)cc5)nc4s3)CC2)CC1. The van der Waals surface area contributed by atoms with Crippen LogP contribution in [0.5, 0.6) is 0 Å². The van der Waals surface area contributed by atoms with Gasteiger partial charge in [-0.25, -0.2) is 9.50 Å². The molecular weight excluding hydrogens is 406 g/mol. The van der Waals surface area contributed by atoms with Crippen LogP contribution in [0.4, 0.5) is 10.8 Å². The zero-order valence-corrected chi connectivity index (χ0v) is 19.7. The monoisotopic (exact) mass is 439 g/mol. The maximum atomic E-state index is 4.84. The van der Waals surface area contributed by atoms with Gasteiger partial charge in [-0.2, -0.15) is 0 Å². The summed E-state index contributed by atoms with van der Waals surface area (Å²) in [7, 11) is 6.35. The Morgan fingerprint density at radius 2 is 1.71 bits per heavy atom. The van der Waals surface area contributed by atoms with Gasteiger partial charge in [-0.15, -0.1) is 5.10 Å². The molecule has 8 heteroatoms. The number of piperazine rings is 1. The maximum absolute atomic E-state index is 4.84. The molecule has 4 heterocycles. The lowest BCUT2D eigenvalue weighted by molar-refractivity contribution is 0.155. The molecule has 0 atom stereocenters. The van der Waals surface area contributed by atoms with E-state index in [0.29, 0.717) is 0 Å². The lowest BCUT2D eigenvalue weighted by atomic mass is 9.96. The molecule has 166 valence electrons. The minimum absolute atomic E-state index is 0.871. The van der Waals surface area contributed by atoms with E-state index in [-0.39, 0.29) is 0 Å². The minimum Gasteiger partial charge on any atom is -0.378 e. The second-order valence-corrected chi connectivity index (χ2v) is 10.1. The van der Waals surface area contributed by atoms with Crippen molar-refractivity contribution in [3.05, 3.63) is 30.5 Å². The third-order valence-corrected chi connectivity index (χ3v) is 7.69. The number of imidazole rings is 1. The molecular formula is C23H33N7S. The highest BCUT2D eigenvalue weighted by Crippen LogP contribution is 2.28. The van der Waals surface area contributed by atoms with Gasteiger partial charge in [0.05, 0.1) is 11.9 Å². The largest absolute Gasteiger partial charge is 0.378 e. The third kappa shape index (κ3) is 4.56. The highest BCUT2D eigenvalue weighted by molar-refractivity contribution is 7.20. The van der Waals surface area contributed by atoms with Gasteiger partial charge in [-0.3, -0.25) is 4.90 Å². The first kappa shape index (κ1) is 20.7. The Morgan fingerprint density at radius 3 is 2.35 bits per heavy atom. The molecule has 7 nitrogen and oxygen atoms in total. The van der Waals surface area contributed by atoms with Gasteiger partial charge in [0, 0.05) is 58.1 Å². The normalized spacial score (nSPS) is 19.4. The molecule has 2 aliphatic rings. The van der Waals surface area contributed by atoms with Crippen molar-refractivity contribution in [3.8, 4) is 11.3 Å². The molecule has 31 heavy (non-hydrogen) atoms. The van der Waals surface area contributed by atoms with Crippen molar-refractivity contribution in [1.82, 2.24) is 24.4 Å². The molecule has 2 aromatic heterocycles. The van der Waals surface area contributed by atoms with Crippen molar-refractivity contribution in [2.45, 2.75) is 12.8 Å². The van der Waals surface area contributed by atoms with E-state index in [2.05, 4.69) is 71.2 Å². The first-order valence-corrected chi connectivity index (χ1v) is 12.2. The van der Waals surface area contributed by atoms with Gasteiger partial charge in [0.2, 0.25) is 10.1 Å². The predicted molar refractivity (Wildman–Crippen MR) is 130 cm³/mol. The number of anilines is 2. The standard InChI is InChI=1S/C23H33N7S/c1-26(2)20-6-4-19(5-7-20)21-17-30-22(24-21)31-23(25-30)29-14-12-28(13-15-29)16-18-8-10-27(3)11-9-18/h4-7,17-18H,8-16H2,1-3H3. The summed E-state index contributed by atoms with van der Waals surface area (Å²) in [6.45, 7) is 8.16. The van der Waals surface area contributed by atoms with Crippen LogP contribution in [-0.2, 0) is 0 Å². The highest BCUT2D eigenvalue weighted by atomic mass is 32.1. The zero-order chi connectivity index (χ0) is 21.4. The van der Waals surface area contributed by atoms with Crippen molar-refractivity contribution in [1.29, 1.82) is 0 Å². The molecule has 0 unspecified atom stereocenters. The van der Waals surface area contributed by atoms with Crippen LogP contribution in [0.15, 0.2) is 30.5 Å². The van der Waals surface area contributed by atoms with Crippen molar-refractivity contribution >= 4 is 27.1 Å². The van der Waals surface area contributed by atoms with E-state index in [1.54, 1.807) is 11.3 Å². The van der Waals surface area contributed by atoms with Crippen molar-refractivity contribution < 1.29 is 0 Å². The number of benzene rings is 1. The van der Waals surface area contributed by atoms with Gasteiger partial charge in [0.15, 0.2) is 0 Å². The summed E-state index contributed by atoms with van der Waals surface area (Å²) in [5.74, 6) is 0.871. The van der Waals surface area contributed by atoms with Gasteiger partial charge in [0.1, 0.15) is 0 Å². The molecule has 1 aromatic carbocycles. The summed E-state index contributed by atoms with van der Waals surface area (Å²) >= 11 is 1.70. The second kappa shape index (κ2) is 8.76. The van der Waals surface area contributed by atoms with Crippen molar-refractivity contribution in [2.75, 3.05) is 76.8 Å². The molecule has 0 saturated carbocycles. The summed E-state index contributed by atoms with van der Waals surface area (Å²) in [4.78, 5) is 15.4. The molecule has 0 radical (unpaired) electrons. The number of likely N-dealkylation sites (tertiary alicyclic amines) is 1. The van der Waals surface area contributed by atoms with Gasteiger partial charge >= 0.3 is 0 Å². The predicted octanol–water partition coefficient (Wildman–Crippen LogP) is 2.99. The Bertz CT molecular complexity index is 961. The van der Waals surface area contributed by atoms with Crippen LogP contribution in [0.25, 0.3) is 16.2 Å². The molecule has 0 spiro atoms. The number of rotatable bonds is 5. The topological polar surface area (TPSA) is 43.1 Å². The smallest absolute Gasteiger partial charge is 0.214 e. The van der Waals surface area contributed by atoms with E-state index in [1.165, 1.54) is 38.2 Å². The quantitative estimate of drug-likeness (QED) is 0.609. The highest BCUT2D eigenvalue weighted by Gasteiger charge is 2.24. The Morgan fingerprint density at radius 1 is 1.00 bits per heavy atom. The van der Waals surface area contributed by atoms with Gasteiger partial charge in [-0.05, 0) is 51.0 Å². The molecule has 0 aliphatic carbocycles. The Labute approximate surface area is 188 Å². The Balaban J connectivity index is 1.19. The fourth-order valence-electron chi connectivity index (χ4n) is 4.62. The van der Waals surface area contributed by atoms with Crippen LogP contribution >= 0.6 is 11.3 Å². The molecule has 0 N–H and O–H groups in total. The lowest BCUT2D eigenvalue weighted by Gasteiger charge is -2.38. The minimum atomic E-state index is 0.871. The first-order valence-electron chi connectivity index (χ1n) is 11.3. The van der Waals surface area contributed by atoms with E-state index in [4.69, 9.17) is 10.1 Å². The number of hydrogen-bond acceptors (Lipinski definition) is 7. The van der Waals surface area contributed by atoms with Crippen molar-refractivity contribution in [3.63, 3.8) is 0 Å². The molecule has 5 rings (SSSR count). The lowest BCUT2D eigenvalue weighted by Crippen LogP contribution is -2.48. The average Bonchev–Trinajstić information content (AvgIpc) is 3.35. The summed E-state index contributed by atoms with van der Waals surface area (Å²) in [5.41, 5.74) is 3.31. The fourth-order valence-corrected chi connectivity index (χ4v) is 5.55. The van der Waals surface area contributed by atoms with Crippen molar-refractivity contribution in [2.24, 2.45) is 5.92 Å². The average molecular weight is 440 g/mol. The molecule has 0 amide bonds. The van der Waals surface area contributed by atoms with E-state index in [1.807, 2.05) is 4.52 Å². The summed E-state index contributed by atoms with van der Waals surface area (Å²) < 4.78 is 1.94. The van der Waals surface area contributed by atoms with Crippen LogP contribution in [0.2, 0.25) is 0 Å². The number of piperidine rings is 1. The van der Waals surface area contributed by atoms with Crippen LogP contribution in [0.3, 0.4) is 0 Å². The van der Waals surface area contributed by atoms with E-state index in [9.17, 15) is 0 Å². The fraction of sp³-hybridized carbons (Fsp3) is 0.565. The summed E-state index contributed by atoms with van der Waals surface area (Å²) in [6, 6.07) is 8.53. The van der Waals surface area contributed by atoms with Gasteiger partial charge < -0.3 is 14.7 Å². The van der Waals surface area contributed by atoms with Gasteiger partial charge in [-0.1, -0.05) is 23.5 Å². The van der Waals surface area contributed by atoms with E-state index in [0.717, 1.165) is 53.4 Å². The van der Waals surface area contributed by atoms with E-state index < -0.39 is 0 Å². The first-order chi connectivity index (χ1) is 15.0. The second-order valence-electron chi connectivity index (χ2n) is 9.21. The van der Waals surface area contributed by atoms with Gasteiger partial charge in [0.25, 0.3) is 0 Å². The number of nitrogens with zero attached hydrogens (tertiary/aromatic N) is 7. The summed E-state index contributed by atoms with van der Waals surface area (Å²) in [5, 5.41) is 5.94. The molecule has 3 aromatic rings. The number of aromatic nitrogens is 3. The Kier molecular flexibility index (Phi) is 5.86. The maximum Gasteiger partial charge on any atom is 0.214 e. The third-order valence-electron chi connectivity index (χ3n) is 6.71. The molecule has 0 bridgehead atoms. The summed E-state index contributed by atoms with van der Waals surface area (Å²) in [6.07, 6.45) is 4.75. The van der Waals surface area contributed by atoms with Crippen LogP contribution in [0, 0.1) is 5.92 Å². The molecule has 2 aliphatic heterocycles. The van der Waals surface area contributed by atoms with Crippen LogP contribution in [0.1, 0.15) is 12.8 Å². The zero-order valence-electron chi connectivity index (χ0n) is 18.9. The molecule has 2 saturated heterocycles. The van der Waals surface area contributed by atoms with E-state index >= 15 is 0 Å². The van der Waals surface area contributed by atoms with Crippen LogP contribution < -0.4 is 9.80 Å².